The van der Waals surface area contributed by atoms with E-state index in [0.29, 0.717) is 13.1 Å². The van der Waals surface area contributed by atoms with Crippen LogP contribution in [0.5, 0.6) is 5.75 Å². The molecule has 4 nitrogen and oxygen atoms in total. The van der Waals surface area contributed by atoms with Gasteiger partial charge in [-0.05, 0) is 49.4 Å². The minimum absolute atomic E-state index is 0.144. The molecular weight excluding hydrogens is 338 g/mol. The van der Waals surface area contributed by atoms with Gasteiger partial charge in [0, 0.05) is 13.1 Å². The maximum atomic E-state index is 10.5. The van der Waals surface area contributed by atoms with Crippen LogP contribution in [0.15, 0.2) is 60.2 Å². The average Bonchev–Trinajstić information content (AvgIpc) is 2.67. The first kappa shape index (κ1) is 20.7. The van der Waals surface area contributed by atoms with E-state index < -0.39 is 5.97 Å². The molecule has 2 aromatic carbocycles. The molecule has 4 heteroatoms. The molecular formula is C23H29NO3. The van der Waals surface area contributed by atoms with E-state index in [4.69, 9.17) is 9.84 Å². The number of carboxylic acid groups (broad SMARTS) is 1. The molecule has 0 spiro atoms. The van der Waals surface area contributed by atoms with Crippen LogP contribution in [0.2, 0.25) is 0 Å². The molecule has 2 rings (SSSR count). The molecule has 0 bridgehead atoms. The van der Waals surface area contributed by atoms with E-state index in [0.717, 1.165) is 42.8 Å². The SMILES string of the molecule is C/C(=C\c1ccc(OCCCCc2ccccc2)cc1)CNCCC(=O)O. The summed E-state index contributed by atoms with van der Waals surface area (Å²) in [5.41, 5.74) is 3.65. The van der Waals surface area contributed by atoms with Crippen LogP contribution in [-0.2, 0) is 11.2 Å². The van der Waals surface area contributed by atoms with E-state index in [1.807, 2.05) is 37.3 Å². The van der Waals surface area contributed by atoms with Gasteiger partial charge in [-0.3, -0.25) is 4.79 Å². The van der Waals surface area contributed by atoms with E-state index in [1.54, 1.807) is 0 Å². The minimum Gasteiger partial charge on any atom is -0.494 e. The Kier molecular flexibility index (Phi) is 9.14. The van der Waals surface area contributed by atoms with E-state index in [2.05, 4.69) is 35.7 Å². The molecule has 0 atom stereocenters. The summed E-state index contributed by atoms with van der Waals surface area (Å²) >= 11 is 0. The Labute approximate surface area is 161 Å². The highest BCUT2D eigenvalue weighted by Crippen LogP contribution is 2.15. The van der Waals surface area contributed by atoms with Gasteiger partial charge < -0.3 is 15.2 Å². The second kappa shape index (κ2) is 11.9. The van der Waals surface area contributed by atoms with Gasteiger partial charge >= 0.3 is 5.97 Å². The molecule has 144 valence electrons. The topological polar surface area (TPSA) is 58.6 Å². The van der Waals surface area contributed by atoms with Crippen molar-refractivity contribution in [2.75, 3.05) is 19.7 Å². The second-order valence-electron chi connectivity index (χ2n) is 6.67. The van der Waals surface area contributed by atoms with E-state index in [-0.39, 0.29) is 6.42 Å². The number of carbonyl (C=O) groups is 1. The molecule has 0 radical (unpaired) electrons. The standard InChI is InChI=1S/C23H29NO3/c1-19(18-24-15-14-23(25)26)17-21-10-12-22(13-11-21)27-16-6-5-9-20-7-3-2-4-8-20/h2-4,7-8,10-13,17,24H,5-6,9,14-16,18H2,1H3,(H,25,26)/b19-17+. The fourth-order valence-corrected chi connectivity index (χ4v) is 2.74. The molecule has 0 aliphatic rings. The Bertz CT molecular complexity index is 708. The van der Waals surface area contributed by atoms with Crippen LogP contribution in [0, 0.1) is 0 Å². The van der Waals surface area contributed by atoms with Gasteiger partial charge in [0.25, 0.3) is 0 Å². The number of hydrogen-bond acceptors (Lipinski definition) is 3. The summed E-state index contributed by atoms with van der Waals surface area (Å²) in [4.78, 5) is 10.5. The molecule has 0 heterocycles. The Hall–Kier alpha value is -2.59. The summed E-state index contributed by atoms with van der Waals surface area (Å²) in [5, 5.41) is 11.7. The normalized spacial score (nSPS) is 11.4. The monoisotopic (exact) mass is 367 g/mol. The zero-order valence-corrected chi connectivity index (χ0v) is 16.0. The highest BCUT2D eigenvalue weighted by atomic mass is 16.5. The third kappa shape index (κ3) is 9.06. The summed E-state index contributed by atoms with van der Waals surface area (Å²) in [6.07, 6.45) is 5.49. The number of hydrogen-bond donors (Lipinski definition) is 2. The van der Waals surface area contributed by atoms with Crippen molar-refractivity contribution in [1.82, 2.24) is 5.32 Å². The van der Waals surface area contributed by atoms with Crippen LogP contribution in [0.1, 0.15) is 37.3 Å². The first-order valence-corrected chi connectivity index (χ1v) is 9.50. The molecule has 0 saturated carbocycles. The van der Waals surface area contributed by atoms with Crippen LogP contribution >= 0.6 is 0 Å². The van der Waals surface area contributed by atoms with Gasteiger partial charge in [0.2, 0.25) is 0 Å². The third-order valence-corrected chi connectivity index (χ3v) is 4.18. The quantitative estimate of drug-likeness (QED) is 0.540. The predicted octanol–water partition coefficient (Wildman–Crippen LogP) is 4.56. The molecule has 0 unspecified atom stereocenters. The van der Waals surface area contributed by atoms with Crippen molar-refractivity contribution >= 4 is 12.0 Å². The van der Waals surface area contributed by atoms with Crippen LogP contribution < -0.4 is 10.1 Å². The Morgan fingerprint density at radius 3 is 2.52 bits per heavy atom. The summed E-state index contributed by atoms with van der Waals surface area (Å²) in [6.45, 7) is 3.93. The lowest BCUT2D eigenvalue weighted by Crippen LogP contribution is -2.19. The van der Waals surface area contributed by atoms with Crippen molar-refractivity contribution < 1.29 is 14.6 Å². The highest BCUT2D eigenvalue weighted by molar-refractivity contribution is 5.66. The first-order chi connectivity index (χ1) is 13.1. The van der Waals surface area contributed by atoms with Crippen molar-refractivity contribution in [2.45, 2.75) is 32.6 Å². The van der Waals surface area contributed by atoms with E-state index in [1.165, 1.54) is 5.56 Å². The molecule has 2 N–H and O–H groups in total. The molecule has 0 fully saturated rings. The Morgan fingerprint density at radius 2 is 1.81 bits per heavy atom. The minimum atomic E-state index is -0.778. The number of rotatable bonds is 12. The average molecular weight is 367 g/mol. The second-order valence-corrected chi connectivity index (χ2v) is 6.67. The number of carboxylic acids is 1. The van der Waals surface area contributed by atoms with E-state index in [9.17, 15) is 4.79 Å². The molecule has 0 aromatic heterocycles. The zero-order chi connectivity index (χ0) is 19.3. The van der Waals surface area contributed by atoms with Gasteiger partial charge in [0.05, 0.1) is 13.0 Å². The van der Waals surface area contributed by atoms with Crippen molar-refractivity contribution in [3.63, 3.8) is 0 Å². The Balaban J connectivity index is 1.65. The molecule has 2 aromatic rings. The Morgan fingerprint density at radius 1 is 1.07 bits per heavy atom. The fourth-order valence-electron chi connectivity index (χ4n) is 2.74. The molecule has 0 aliphatic heterocycles. The molecule has 27 heavy (non-hydrogen) atoms. The highest BCUT2D eigenvalue weighted by Gasteiger charge is 1.98. The van der Waals surface area contributed by atoms with E-state index >= 15 is 0 Å². The maximum absolute atomic E-state index is 10.5. The van der Waals surface area contributed by atoms with Gasteiger partial charge in [-0.25, -0.2) is 0 Å². The van der Waals surface area contributed by atoms with Crippen molar-refractivity contribution in [3.05, 3.63) is 71.3 Å². The lowest BCUT2D eigenvalue weighted by atomic mass is 10.1. The number of aliphatic carboxylic acids is 1. The summed E-state index contributed by atoms with van der Waals surface area (Å²) in [6, 6.07) is 18.6. The summed E-state index contributed by atoms with van der Waals surface area (Å²) in [7, 11) is 0. The number of ether oxygens (including phenoxy) is 1. The van der Waals surface area contributed by atoms with Crippen LogP contribution in [0.3, 0.4) is 0 Å². The van der Waals surface area contributed by atoms with Crippen LogP contribution in [-0.4, -0.2) is 30.8 Å². The van der Waals surface area contributed by atoms with Gasteiger partial charge in [0.1, 0.15) is 5.75 Å². The van der Waals surface area contributed by atoms with Gasteiger partial charge in [-0.15, -0.1) is 0 Å². The zero-order valence-electron chi connectivity index (χ0n) is 16.0. The first-order valence-electron chi connectivity index (χ1n) is 9.50. The van der Waals surface area contributed by atoms with Crippen molar-refractivity contribution in [3.8, 4) is 5.75 Å². The molecule has 0 aliphatic carbocycles. The number of benzene rings is 2. The van der Waals surface area contributed by atoms with Crippen molar-refractivity contribution in [2.24, 2.45) is 0 Å². The fraction of sp³-hybridized carbons (Fsp3) is 0.348. The van der Waals surface area contributed by atoms with Crippen LogP contribution in [0.4, 0.5) is 0 Å². The number of aryl methyl sites for hydroxylation is 1. The third-order valence-electron chi connectivity index (χ3n) is 4.18. The molecule has 0 saturated heterocycles. The predicted molar refractivity (Wildman–Crippen MR) is 110 cm³/mol. The van der Waals surface area contributed by atoms with Gasteiger partial charge in [-0.1, -0.05) is 54.1 Å². The summed E-state index contributed by atoms with van der Waals surface area (Å²) in [5.74, 6) is 0.115. The maximum Gasteiger partial charge on any atom is 0.304 e. The largest absolute Gasteiger partial charge is 0.494 e. The summed E-state index contributed by atoms with van der Waals surface area (Å²) < 4.78 is 5.82. The van der Waals surface area contributed by atoms with Crippen molar-refractivity contribution in [1.29, 1.82) is 0 Å². The van der Waals surface area contributed by atoms with Gasteiger partial charge in [-0.2, -0.15) is 0 Å². The lowest BCUT2D eigenvalue weighted by Gasteiger charge is -2.07. The smallest absolute Gasteiger partial charge is 0.304 e. The molecule has 0 amide bonds. The number of nitrogens with one attached hydrogen (secondary N) is 1. The number of unbranched alkanes of at least 4 members (excludes halogenated alkanes) is 1. The lowest BCUT2D eigenvalue weighted by molar-refractivity contribution is -0.136. The van der Waals surface area contributed by atoms with Crippen LogP contribution in [0.25, 0.3) is 6.08 Å². The van der Waals surface area contributed by atoms with Gasteiger partial charge in [0.15, 0.2) is 0 Å².